The number of sulfonamides is 1. The van der Waals surface area contributed by atoms with E-state index in [1.807, 2.05) is 0 Å². The average molecular weight is 287 g/mol. The summed E-state index contributed by atoms with van der Waals surface area (Å²) in [6.07, 6.45) is 2.88. The highest BCUT2D eigenvalue weighted by atomic mass is 32.2. The van der Waals surface area contributed by atoms with E-state index in [-0.39, 0.29) is 4.90 Å². The fraction of sp³-hybridized carbons (Fsp3) is 0.571. The Labute approximate surface area is 115 Å². The lowest BCUT2D eigenvalue weighted by atomic mass is 10.1. The highest BCUT2D eigenvalue weighted by Crippen LogP contribution is 2.24. The Morgan fingerprint density at radius 2 is 1.68 bits per heavy atom. The summed E-state index contributed by atoms with van der Waals surface area (Å²) in [6, 6.07) is 2.53. The first kappa shape index (κ1) is 16.1. The number of nitrogens with zero attached hydrogens (tertiary/aromatic N) is 1. The molecule has 3 nitrogen and oxygen atoms in total. The maximum Gasteiger partial charge on any atom is 0.243 e. The summed E-state index contributed by atoms with van der Waals surface area (Å²) in [7, 11) is -1.95. The molecule has 0 aromatic heterocycles. The lowest BCUT2D eigenvalue weighted by Crippen LogP contribution is -2.29. The van der Waals surface area contributed by atoms with Gasteiger partial charge in [0.25, 0.3) is 0 Å². The molecule has 108 valence electrons. The Kier molecular flexibility index (Phi) is 5.50. The predicted molar refractivity (Wildman–Crippen MR) is 75.2 cm³/mol. The lowest BCUT2D eigenvalue weighted by Gasteiger charge is -2.20. The molecule has 0 aliphatic heterocycles. The Hall–Kier alpha value is -0.940. The molecule has 0 saturated carbocycles. The summed E-state index contributed by atoms with van der Waals surface area (Å²) >= 11 is 0. The molecule has 0 saturated heterocycles. The Morgan fingerprint density at radius 1 is 1.16 bits per heavy atom. The fourth-order valence-electron chi connectivity index (χ4n) is 2.16. The second-order valence-corrected chi connectivity index (χ2v) is 6.88. The van der Waals surface area contributed by atoms with Crippen LogP contribution in [0.1, 0.15) is 37.3 Å². The Bertz CT molecular complexity index is 517. The number of hydrogen-bond acceptors (Lipinski definition) is 2. The SMILES string of the molecule is CCCCCN(C)S(=O)(=O)c1c(C)cc(F)cc1C. The van der Waals surface area contributed by atoms with Gasteiger partial charge in [-0.05, 0) is 43.5 Å². The van der Waals surface area contributed by atoms with Gasteiger partial charge >= 0.3 is 0 Å². The van der Waals surface area contributed by atoms with Gasteiger partial charge in [-0.3, -0.25) is 0 Å². The zero-order valence-corrected chi connectivity index (χ0v) is 12.8. The van der Waals surface area contributed by atoms with Crippen molar-refractivity contribution in [2.75, 3.05) is 13.6 Å². The first-order chi connectivity index (χ1) is 8.80. The molecule has 0 aliphatic rings. The fourth-order valence-corrected chi connectivity index (χ4v) is 3.78. The normalized spacial score (nSPS) is 12.1. The van der Waals surface area contributed by atoms with E-state index in [1.165, 1.54) is 16.4 Å². The van der Waals surface area contributed by atoms with Gasteiger partial charge in [0.1, 0.15) is 5.82 Å². The maximum absolute atomic E-state index is 13.2. The van der Waals surface area contributed by atoms with Gasteiger partial charge in [-0.15, -0.1) is 0 Å². The Balaban J connectivity index is 3.07. The summed E-state index contributed by atoms with van der Waals surface area (Å²) in [4.78, 5) is 0.230. The summed E-state index contributed by atoms with van der Waals surface area (Å²) in [6.45, 7) is 5.82. The van der Waals surface area contributed by atoms with Crippen LogP contribution in [0.2, 0.25) is 0 Å². The quantitative estimate of drug-likeness (QED) is 0.753. The van der Waals surface area contributed by atoms with Gasteiger partial charge in [0, 0.05) is 13.6 Å². The van der Waals surface area contributed by atoms with Crippen molar-refractivity contribution in [2.24, 2.45) is 0 Å². The molecule has 0 bridgehead atoms. The third-order valence-corrected chi connectivity index (χ3v) is 5.33. The molecular formula is C14H22FNO2S. The third-order valence-electron chi connectivity index (χ3n) is 3.17. The average Bonchev–Trinajstić information content (AvgIpc) is 2.27. The van der Waals surface area contributed by atoms with Crippen LogP contribution in [0.15, 0.2) is 17.0 Å². The molecule has 1 aromatic rings. The van der Waals surface area contributed by atoms with Crippen LogP contribution in [0.4, 0.5) is 4.39 Å². The van der Waals surface area contributed by atoms with E-state index < -0.39 is 15.8 Å². The highest BCUT2D eigenvalue weighted by Gasteiger charge is 2.24. The largest absolute Gasteiger partial charge is 0.243 e. The van der Waals surface area contributed by atoms with E-state index in [2.05, 4.69) is 6.92 Å². The van der Waals surface area contributed by atoms with Gasteiger partial charge in [0.15, 0.2) is 0 Å². The van der Waals surface area contributed by atoms with Crippen molar-refractivity contribution in [2.45, 2.75) is 44.9 Å². The zero-order chi connectivity index (χ0) is 14.6. The van der Waals surface area contributed by atoms with Gasteiger partial charge < -0.3 is 0 Å². The number of hydrogen-bond donors (Lipinski definition) is 0. The molecule has 0 N–H and O–H groups in total. The molecular weight excluding hydrogens is 265 g/mol. The molecule has 0 unspecified atom stereocenters. The summed E-state index contributed by atoms with van der Waals surface area (Å²) in [5.74, 6) is -0.400. The van der Waals surface area contributed by atoms with Crippen LogP contribution in [0.25, 0.3) is 0 Å². The van der Waals surface area contributed by atoms with Crippen LogP contribution in [0.3, 0.4) is 0 Å². The molecule has 0 heterocycles. The van der Waals surface area contributed by atoms with Gasteiger partial charge in [-0.1, -0.05) is 19.8 Å². The van der Waals surface area contributed by atoms with Gasteiger partial charge in [-0.2, -0.15) is 0 Å². The van der Waals surface area contributed by atoms with Gasteiger partial charge in [-0.25, -0.2) is 17.1 Å². The number of aryl methyl sites for hydroxylation is 2. The number of halogens is 1. The first-order valence-electron chi connectivity index (χ1n) is 6.53. The van der Waals surface area contributed by atoms with Gasteiger partial charge in [0.2, 0.25) is 10.0 Å². The molecule has 19 heavy (non-hydrogen) atoms. The van der Waals surface area contributed by atoms with Gasteiger partial charge in [0.05, 0.1) is 4.90 Å². The standard InChI is InChI=1S/C14H22FNO2S/c1-5-6-7-8-16(4)19(17,18)14-11(2)9-13(15)10-12(14)3/h9-10H,5-8H2,1-4H3. The first-order valence-corrected chi connectivity index (χ1v) is 7.97. The summed E-state index contributed by atoms with van der Waals surface area (Å²) < 4.78 is 39.6. The third kappa shape index (κ3) is 3.76. The zero-order valence-electron chi connectivity index (χ0n) is 12.0. The molecule has 0 spiro atoms. The molecule has 0 radical (unpaired) electrons. The lowest BCUT2D eigenvalue weighted by molar-refractivity contribution is 0.453. The molecule has 0 atom stereocenters. The van der Waals surface area contributed by atoms with E-state index in [9.17, 15) is 12.8 Å². The molecule has 1 rings (SSSR count). The predicted octanol–water partition coefficient (Wildman–Crippen LogP) is 3.25. The van der Waals surface area contributed by atoms with Crippen LogP contribution in [0.5, 0.6) is 0 Å². The van der Waals surface area contributed by atoms with E-state index in [0.717, 1.165) is 19.3 Å². The van der Waals surface area contributed by atoms with Crippen molar-refractivity contribution in [1.29, 1.82) is 0 Å². The van der Waals surface area contributed by atoms with Crippen molar-refractivity contribution in [3.63, 3.8) is 0 Å². The van der Waals surface area contributed by atoms with Crippen LogP contribution in [-0.4, -0.2) is 26.3 Å². The minimum atomic E-state index is -3.53. The topological polar surface area (TPSA) is 37.4 Å². The van der Waals surface area contributed by atoms with Crippen LogP contribution in [0, 0.1) is 19.7 Å². The van der Waals surface area contributed by atoms with Crippen LogP contribution < -0.4 is 0 Å². The van der Waals surface area contributed by atoms with E-state index in [1.54, 1.807) is 20.9 Å². The number of unbranched alkanes of at least 4 members (excludes halogenated alkanes) is 2. The maximum atomic E-state index is 13.2. The van der Waals surface area contributed by atoms with E-state index in [4.69, 9.17) is 0 Å². The molecule has 5 heteroatoms. The van der Waals surface area contributed by atoms with E-state index >= 15 is 0 Å². The van der Waals surface area contributed by atoms with Crippen molar-refractivity contribution < 1.29 is 12.8 Å². The van der Waals surface area contributed by atoms with Crippen molar-refractivity contribution >= 4 is 10.0 Å². The monoisotopic (exact) mass is 287 g/mol. The molecule has 0 aliphatic carbocycles. The highest BCUT2D eigenvalue weighted by molar-refractivity contribution is 7.89. The Morgan fingerprint density at radius 3 is 2.16 bits per heavy atom. The van der Waals surface area contributed by atoms with Crippen LogP contribution in [-0.2, 0) is 10.0 Å². The van der Waals surface area contributed by atoms with Crippen molar-refractivity contribution in [3.8, 4) is 0 Å². The number of rotatable bonds is 6. The van der Waals surface area contributed by atoms with Crippen molar-refractivity contribution in [1.82, 2.24) is 4.31 Å². The smallest absolute Gasteiger partial charge is 0.207 e. The molecule has 0 amide bonds. The minimum absolute atomic E-state index is 0.230. The summed E-state index contributed by atoms with van der Waals surface area (Å²) in [5.41, 5.74) is 0.916. The molecule has 1 aromatic carbocycles. The second kappa shape index (κ2) is 6.48. The second-order valence-electron chi connectivity index (χ2n) is 4.90. The van der Waals surface area contributed by atoms with Crippen LogP contribution >= 0.6 is 0 Å². The van der Waals surface area contributed by atoms with Crippen molar-refractivity contribution in [3.05, 3.63) is 29.1 Å². The number of benzene rings is 1. The summed E-state index contributed by atoms with van der Waals surface area (Å²) in [5, 5.41) is 0. The minimum Gasteiger partial charge on any atom is -0.207 e. The molecule has 0 fully saturated rings. The van der Waals surface area contributed by atoms with E-state index in [0.29, 0.717) is 17.7 Å².